The van der Waals surface area contributed by atoms with E-state index < -0.39 is 5.54 Å². The number of hydrogen-bond acceptors (Lipinski definition) is 5. The smallest absolute Gasteiger partial charge is 0.250 e. The lowest BCUT2D eigenvalue weighted by molar-refractivity contribution is -0.141. The highest BCUT2D eigenvalue weighted by molar-refractivity contribution is 5.99. The van der Waals surface area contributed by atoms with Crippen molar-refractivity contribution in [2.75, 3.05) is 50.2 Å². The number of carbonyl (C=O) groups excluding carboxylic acids is 3. The van der Waals surface area contributed by atoms with E-state index in [0.29, 0.717) is 38.3 Å². The first-order valence-corrected chi connectivity index (χ1v) is 11.2. The fourth-order valence-corrected chi connectivity index (χ4v) is 4.76. The molecule has 0 bridgehead atoms. The number of methoxy groups -OCH3 is 1. The minimum absolute atomic E-state index is 0.0236. The minimum Gasteiger partial charge on any atom is -0.375 e. The van der Waals surface area contributed by atoms with Gasteiger partial charge in [0.2, 0.25) is 11.8 Å². The molecule has 2 fully saturated rings. The molecule has 0 saturated carbocycles. The molecule has 3 amide bonds. The molecule has 2 aliphatic heterocycles. The lowest BCUT2D eigenvalue weighted by atomic mass is 9.85. The van der Waals surface area contributed by atoms with E-state index in [1.54, 1.807) is 9.80 Å². The summed E-state index contributed by atoms with van der Waals surface area (Å²) in [6, 6.07) is 17.4. The Labute approximate surface area is 194 Å². The molecule has 0 radical (unpaired) electrons. The number of rotatable bonds is 6. The van der Waals surface area contributed by atoms with Crippen LogP contribution in [-0.4, -0.2) is 73.1 Å². The molecule has 0 atom stereocenters. The van der Waals surface area contributed by atoms with Crippen molar-refractivity contribution in [3.63, 3.8) is 0 Å². The van der Waals surface area contributed by atoms with Crippen molar-refractivity contribution in [3.05, 3.63) is 60.2 Å². The van der Waals surface area contributed by atoms with Gasteiger partial charge in [0.05, 0.1) is 6.67 Å². The Hall–Kier alpha value is -3.39. The Balaban J connectivity index is 1.52. The number of para-hydroxylation sites is 1. The lowest BCUT2D eigenvalue weighted by Gasteiger charge is -2.43. The average molecular weight is 451 g/mol. The van der Waals surface area contributed by atoms with Gasteiger partial charge in [-0.05, 0) is 49.6 Å². The highest BCUT2D eigenvalue weighted by Gasteiger charge is 2.54. The number of nitrogens with zero attached hydrogens (tertiary/aromatic N) is 3. The van der Waals surface area contributed by atoms with Crippen molar-refractivity contribution in [3.8, 4) is 0 Å². The van der Waals surface area contributed by atoms with Gasteiger partial charge in [-0.1, -0.05) is 30.3 Å². The second kappa shape index (κ2) is 9.62. The van der Waals surface area contributed by atoms with Gasteiger partial charge >= 0.3 is 0 Å². The van der Waals surface area contributed by atoms with Crippen molar-refractivity contribution in [2.24, 2.45) is 0 Å². The van der Waals surface area contributed by atoms with Crippen LogP contribution in [0.3, 0.4) is 0 Å². The standard InChI is InChI=1S/C25H30N4O4/c1-19-7-6-8-20(15-19)26-22(30)16-28-18-29(21-9-4-3-5-10-21)25(24(28)32)11-13-27(14-12-25)23(31)17-33-2/h3-10,15H,11-14,16-18H2,1-2H3,(H,26,30). The van der Waals surface area contributed by atoms with Crippen LogP contribution in [0.25, 0.3) is 0 Å². The fourth-order valence-electron chi connectivity index (χ4n) is 4.76. The summed E-state index contributed by atoms with van der Waals surface area (Å²) in [6.45, 7) is 3.25. The summed E-state index contributed by atoms with van der Waals surface area (Å²) in [7, 11) is 1.50. The number of carbonyl (C=O) groups is 3. The van der Waals surface area contributed by atoms with Crippen LogP contribution in [0.5, 0.6) is 0 Å². The first kappa shape index (κ1) is 22.8. The van der Waals surface area contributed by atoms with Crippen LogP contribution < -0.4 is 10.2 Å². The second-order valence-corrected chi connectivity index (χ2v) is 8.67. The highest BCUT2D eigenvalue weighted by Crippen LogP contribution is 2.39. The zero-order valence-electron chi connectivity index (χ0n) is 19.1. The Bertz CT molecular complexity index is 1020. The van der Waals surface area contributed by atoms with Gasteiger partial charge < -0.3 is 24.8 Å². The van der Waals surface area contributed by atoms with Crippen molar-refractivity contribution in [2.45, 2.75) is 25.3 Å². The average Bonchev–Trinajstić information content (AvgIpc) is 3.06. The summed E-state index contributed by atoms with van der Waals surface area (Å²) >= 11 is 0. The summed E-state index contributed by atoms with van der Waals surface area (Å²) in [5.41, 5.74) is 1.93. The van der Waals surface area contributed by atoms with Gasteiger partial charge in [-0.25, -0.2) is 0 Å². The molecule has 2 saturated heterocycles. The Kier molecular flexibility index (Phi) is 6.65. The maximum atomic E-state index is 13.7. The summed E-state index contributed by atoms with van der Waals surface area (Å²) in [6.07, 6.45) is 1.01. The van der Waals surface area contributed by atoms with Crippen molar-refractivity contribution < 1.29 is 19.1 Å². The lowest BCUT2D eigenvalue weighted by Crippen LogP contribution is -2.57. The van der Waals surface area contributed by atoms with Gasteiger partial charge in [-0.2, -0.15) is 0 Å². The van der Waals surface area contributed by atoms with E-state index in [4.69, 9.17) is 4.74 Å². The number of ether oxygens (including phenoxy) is 1. The number of hydrogen-bond donors (Lipinski definition) is 1. The first-order valence-electron chi connectivity index (χ1n) is 11.2. The summed E-state index contributed by atoms with van der Waals surface area (Å²) in [4.78, 5) is 44.2. The number of piperidine rings is 1. The third-order valence-electron chi connectivity index (χ3n) is 6.43. The third-order valence-corrected chi connectivity index (χ3v) is 6.43. The molecular weight excluding hydrogens is 420 g/mol. The fraction of sp³-hybridized carbons (Fsp3) is 0.400. The molecule has 4 rings (SSSR count). The van der Waals surface area contributed by atoms with Gasteiger partial charge in [0.15, 0.2) is 0 Å². The second-order valence-electron chi connectivity index (χ2n) is 8.67. The largest absolute Gasteiger partial charge is 0.375 e. The topological polar surface area (TPSA) is 82.2 Å². The molecule has 1 spiro atoms. The number of likely N-dealkylation sites (tertiary alicyclic amines) is 1. The molecule has 33 heavy (non-hydrogen) atoms. The maximum Gasteiger partial charge on any atom is 0.250 e. The minimum atomic E-state index is -0.769. The van der Waals surface area contributed by atoms with Crippen molar-refractivity contribution >= 4 is 29.1 Å². The quantitative estimate of drug-likeness (QED) is 0.730. The van der Waals surface area contributed by atoms with Crippen molar-refractivity contribution in [1.29, 1.82) is 0 Å². The normalized spacial score (nSPS) is 17.5. The van der Waals surface area contributed by atoms with Crippen LogP contribution in [0, 0.1) is 6.92 Å². The maximum absolute atomic E-state index is 13.7. The number of aryl methyl sites for hydroxylation is 1. The van der Waals surface area contributed by atoms with Crippen LogP contribution >= 0.6 is 0 Å². The molecule has 2 aromatic rings. The van der Waals surface area contributed by atoms with E-state index in [2.05, 4.69) is 10.2 Å². The highest BCUT2D eigenvalue weighted by atomic mass is 16.5. The van der Waals surface area contributed by atoms with Crippen LogP contribution in [0.2, 0.25) is 0 Å². The van der Waals surface area contributed by atoms with E-state index >= 15 is 0 Å². The van der Waals surface area contributed by atoms with Gasteiger partial charge in [-0.3, -0.25) is 14.4 Å². The molecule has 8 heteroatoms. The molecule has 0 unspecified atom stereocenters. The van der Waals surface area contributed by atoms with Gasteiger partial charge in [0.1, 0.15) is 18.7 Å². The zero-order valence-corrected chi connectivity index (χ0v) is 19.1. The van der Waals surface area contributed by atoms with Crippen LogP contribution in [0.1, 0.15) is 18.4 Å². The predicted octanol–water partition coefficient (Wildman–Crippen LogP) is 2.25. The van der Waals surface area contributed by atoms with Gasteiger partial charge in [-0.15, -0.1) is 0 Å². The Morgan fingerprint density at radius 3 is 2.45 bits per heavy atom. The molecule has 0 aromatic heterocycles. The van der Waals surface area contributed by atoms with Crippen molar-refractivity contribution in [1.82, 2.24) is 9.80 Å². The number of anilines is 2. The third kappa shape index (κ3) is 4.71. The van der Waals surface area contributed by atoms with E-state index in [0.717, 1.165) is 11.3 Å². The SMILES string of the molecule is COCC(=O)N1CCC2(CC1)C(=O)N(CC(=O)Nc1cccc(C)c1)CN2c1ccccc1. The summed E-state index contributed by atoms with van der Waals surface area (Å²) in [5.74, 6) is -0.366. The van der Waals surface area contributed by atoms with E-state index in [-0.39, 0.29) is 30.9 Å². The number of nitrogens with one attached hydrogen (secondary N) is 1. The molecule has 174 valence electrons. The molecule has 1 N–H and O–H groups in total. The first-order chi connectivity index (χ1) is 15.9. The monoisotopic (exact) mass is 450 g/mol. The number of amides is 3. The van der Waals surface area contributed by atoms with E-state index in [1.165, 1.54) is 7.11 Å². The van der Waals surface area contributed by atoms with E-state index in [9.17, 15) is 14.4 Å². The predicted molar refractivity (Wildman–Crippen MR) is 126 cm³/mol. The molecule has 2 aliphatic rings. The van der Waals surface area contributed by atoms with Crippen LogP contribution in [-0.2, 0) is 19.1 Å². The molecule has 2 heterocycles. The van der Waals surface area contributed by atoms with E-state index in [1.807, 2.05) is 61.5 Å². The Morgan fingerprint density at radius 2 is 1.79 bits per heavy atom. The molecule has 0 aliphatic carbocycles. The zero-order chi connectivity index (χ0) is 23.4. The van der Waals surface area contributed by atoms with Gasteiger partial charge in [0.25, 0.3) is 5.91 Å². The molecular formula is C25H30N4O4. The van der Waals surface area contributed by atoms with Crippen LogP contribution in [0.4, 0.5) is 11.4 Å². The van der Waals surface area contributed by atoms with Gasteiger partial charge in [0, 0.05) is 31.6 Å². The summed E-state index contributed by atoms with van der Waals surface area (Å²) in [5, 5.41) is 2.89. The van der Waals surface area contributed by atoms with Crippen LogP contribution in [0.15, 0.2) is 54.6 Å². The summed E-state index contributed by atoms with van der Waals surface area (Å²) < 4.78 is 4.98. The molecule has 8 nitrogen and oxygen atoms in total. The molecule has 2 aromatic carbocycles. The Morgan fingerprint density at radius 1 is 1.06 bits per heavy atom. The number of benzene rings is 2.